The van der Waals surface area contributed by atoms with E-state index in [1.54, 1.807) is 6.20 Å². The first-order valence-corrected chi connectivity index (χ1v) is 5.74. The normalized spacial score (nSPS) is 16.4. The van der Waals surface area contributed by atoms with Gasteiger partial charge in [0, 0.05) is 30.7 Å². The highest BCUT2D eigenvalue weighted by atomic mass is 32.1. The number of carbonyl (C=O) groups is 1. The average Bonchev–Trinajstić information content (AvgIpc) is 2.52. The average molecular weight is 226 g/mol. The van der Waals surface area contributed by atoms with Gasteiger partial charge in [-0.1, -0.05) is 0 Å². The van der Waals surface area contributed by atoms with Crippen LogP contribution in [0, 0.1) is 0 Å². The van der Waals surface area contributed by atoms with Crippen LogP contribution < -0.4 is 10.6 Å². The molecule has 1 saturated heterocycles. The van der Waals surface area contributed by atoms with Gasteiger partial charge in [0.2, 0.25) is 5.91 Å². The van der Waals surface area contributed by atoms with E-state index in [1.165, 1.54) is 11.3 Å². The quantitative estimate of drug-likeness (QED) is 0.758. The van der Waals surface area contributed by atoms with Crippen LogP contribution >= 0.6 is 11.3 Å². The van der Waals surface area contributed by atoms with Gasteiger partial charge in [-0.3, -0.25) is 9.69 Å². The van der Waals surface area contributed by atoms with Crippen LogP contribution in [-0.4, -0.2) is 48.5 Å². The Morgan fingerprint density at radius 2 is 2.60 bits per heavy atom. The highest BCUT2D eigenvalue weighted by molar-refractivity contribution is 7.13. The van der Waals surface area contributed by atoms with E-state index in [0.29, 0.717) is 17.7 Å². The molecule has 1 aliphatic heterocycles. The lowest BCUT2D eigenvalue weighted by molar-refractivity contribution is -0.117. The van der Waals surface area contributed by atoms with Gasteiger partial charge in [-0.25, -0.2) is 4.98 Å². The lowest BCUT2D eigenvalue weighted by Crippen LogP contribution is -2.57. The van der Waals surface area contributed by atoms with E-state index >= 15 is 0 Å². The Bertz CT molecular complexity index is 323. The molecule has 0 aromatic carbocycles. The molecule has 1 aromatic heterocycles. The number of carbonyl (C=O) groups excluding carboxylic acids is 1. The minimum Gasteiger partial charge on any atom is -0.314 e. The molecule has 0 unspecified atom stereocenters. The Morgan fingerprint density at radius 3 is 3.13 bits per heavy atom. The molecule has 2 heterocycles. The van der Waals surface area contributed by atoms with Crippen LogP contribution in [0.25, 0.3) is 0 Å². The zero-order valence-corrected chi connectivity index (χ0v) is 9.38. The maximum Gasteiger partial charge on any atom is 0.240 e. The van der Waals surface area contributed by atoms with Crippen molar-refractivity contribution in [2.45, 2.75) is 6.04 Å². The van der Waals surface area contributed by atoms with E-state index in [0.717, 1.165) is 13.1 Å². The summed E-state index contributed by atoms with van der Waals surface area (Å²) in [6.45, 7) is 2.37. The summed E-state index contributed by atoms with van der Waals surface area (Å²) in [5.41, 5.74) is 0. The van der Waals surface area contributed by atoms with Gasteiger partial charge in [0.15, 0.2) is 5.13 Å². The highest BCUT2D eigenvalue weighted by Gasteiger charge is 2.22. The summed E-state index contributed by atoms with van der Waals surface area (Å²) in [6, 6.07) is 0.493. The molecule has 2 N–H and O–H groups in total. The molecule has 1 fully saturated rings. The number of nitrogens with one attached hydrogen (secondary N) is 2. The van der Waals surface area contributed by atoms with Crippen LogP contribution in [0.15, 0.2) is 11.6 Å². The van der Waals surface area contributed by atoms with Crippen molar-refractivity contribution in [1.82, 2.24) is 15.2 Å². The van der Waals surface area contributed by atoms with E-state index in [1.807, 2.05) is 12.4 Å². The Morgan fingerprint density at radius 1 is 1.80 bits per heavy atom. The first kappa shape index (κ1) is 10.5. The van der Waals surface area contributed by atoms with E-state index in [-0.39, 0.29) is 5.91 Å². The Labute approximate surface area is 92.5 Å². The third-order valence-corrected chi connectivity index (χ3v) is 3.14. The van der Waals surface area contributed by atoms with Crippen molar-refractivity contribution in [1.29, 1.82) is 0 Å². The summed E-state index contributed by atoms with van der Waals surface area (Å²) in [4.78, 5) is 17.6. The number of likely N-dealkylation sites (N-methyl/N-ethyl adjacent to an activating group) is 1. The fraction of sp³-hybridized carbons (Fsp3) is 0.556. The van der Waals surface area contributed by atoms with Crippen LogP contribution in [0.2, 0.25) is 0 Å². The van der Waals surface area contributed by atoms with E-state index in [2.05, 4.69) is 20.5 Å². The second-order valence-electron chi connectivity index (χ2n) is 3.61. The maximum absolute atomic E-state index is 11.6. The number of hydrogen-bond donors (Lipinski definition) is 2. The smallest absolute Gasteiger partial charge is 0.240 e. The molecule has 0 spiro atoms. The third kappa shape index (κ3) is 2.74. The number of aromatic nitrogens is 1. The van der Waals surface area contributed by atoms with E-state index in [9.17, 15) is 4.79 Å². The number of nitrogens with zero attached hydrogens (tertiary/aromatic N) is 2. The molecule has 0 bridgehead atoms. The molecule has 1 aliphatic rings. The lowest BCUT2D eigenvalue weighted by Gasteiger charge is -2.35. The molecule has 5 nitrogen and oxygen atoms in total. The van der Waals surface area contributed by atoms with Crippen LogP contribution in [0.5, 0.6) is 0 Å². The summed E-state index contributed by atoms with van der Waals surface area (Å²) >= 11 is 1.43. The van der Waals surface area contributed by atoms with Crippen molar-refractivity contribution in [3.05, 3.63) is 11.6 Å². The van der Waals surface area contributed by atoms with Gasteiger partial charge in [0.1, 0.15) is 0 Å². The van der Waals surface area contributed by atoms with E-state index < -0.39 is 0 Å². The van der Waals surface area contributed by atoms with Crippen molar-refractivity contribution < 1.29 is 4.79 Å². The second-order valence-corrected chi connectivity index (χ2v) is 4.51. The first-order chi connectivity index (χ1) is 7.25. The maximum atomic E-state index is 11.6. The minimum atomic E-state index is -0.000602. The molecule has 0 aliphatic carbocycles. The van der Waals surface area contributed by atoms with Gasteiger partial charge in [-0.2, -0.15) is 0 Å². The van der Waals surface area contributed by atoms with Gasteiger partial charge in [0.25, 0.3) is 0 Å². The zero-order chi connectivity index (χ0) is 10.7. The Balaban J connectivity index is 1.76. The molecule has 0 atom stereocenters. The molecular weight excluding hydrogens is 212 g/mol. The van der Waals surface area contributed by atoms with Crippen LogP contribution in [0.3, 0.4) is 0 Å². The highest BCUT2D eigenvalue weighted by Crippen LogP contribution is 2.10. The van der Waals surface area contributed by atoms with Crippen molar-refractivity contribution in [2.75, 3.05) is 32.0 Å². The summed E-state index contributed by atoms with van der Waals surface area (Å²) in [6.07, 6.45) is 1.68. The van der Waals surface area contributed by atoms with Gasteiger partial charge >= 0.3 is 0 Å². The number of thiazole rings is 1. The molecular formula is C9H14N4OS. The van der Waals surface area contributed by atoms with Gasteiger partial charge in [0.05, 0.1) is 6.54 Å². The first-order valence-electron chi connectivity index (χ1n) is 4.86. The lowest BCUT2D eigenvalue weighted by atomic mass is 10.1. The number of rotatable bonds is 4. The molecule has 0 radical (unpaired) electrons. The van der Waals surface area contributed by atoms with Crippen molar-refractivity contribution >= 4 is 22.4 Å². The minimum absolute atomic E-state index is 0.000602. The zero-order valence-electron chi connectivity index (χ0n) is 8.56. The molecule has 2 rings (SSSR count). The SMILES string of the molecule is CN(CC(=O)Nc1nccs1)C1CNC1. The molecule has 0 saturated carbocycles. The fourth-order valence-electron chi connectivity index (χ4n) is 1.38. The molecule has 6 heteroatoms. The monoisotopic (exact) mass is 226 g/mol. The second kappa shape index (κ2) is 4.69. The number of anilines is 1. The van der Waals surface area contributed by atoms with Crippen LogP contribution in [0.1, 0.15) is 0 Å². The summed E-state index contributed by atoms with van der Waals surface area (Å²) < 4.78 is 0. The molecule has 82 valence electrons. The standard InChI is InChI=1S/C9H14N4OS/c1-13(7-4-10-5-7)6-8(14)12-9-11-2-3-15-9/h2-3,7,10H,4-6H2,1H3,(H,11,12,14). The molecule has 1 amide bonds. The molecule has 1 aromatic rings. The topological polar surface area (TPSA) is 57.3 Å². The third-order valence-electron chi connectivity index (χ3n) is 2.45. The van der Waals surface area contributed by atoms with Gasteiger partial charge in [-0.15, -0.1) is 11.3 Å². The summed E-state index contributed by atoms with van der Waals surface area (Å²) in [5.74, 6) is -0.000602. The number of hydrogen-bond acceptors (Lipinski definition) is 5. The predicted octanol–water partition coefficient (Wildman–Crippen LogP) is -0.0148. The Hall–Kier alpha value is -0.980. The number of amides is 1. The van der Waals surface area contributed by atoms with Crippen molar-refractivity contribution in [3.8, 4) is 0 Å². The largest absolute Gasteiger partial charge is 0.314 e. The molecule has 15 heavy (non-hydrogen) atoms. The Kier molecular flexibility index (Phi) is 3.30. The van der Waals surface area contributed by atoms with Crippen molar-refractivity contribution in [3.63, 3.8) is 0 Å². The van der Waals surface area contributed by atoms with Crippen molar-refractivity contribution in [2.24, 2.45) is 0 Å². The van der Waals surface area contributed by atoms with Crippen LogP contribution in [-0.2, 0) is 4.79 Å². The van der Waals surface area contributed by atoms with E-state index in [4.69, 9.17) is 0 Å². The predicted molar refractivity (Wildman–Crippen MR) is 60.0 cm³/mol. The van der Waals surface area contributed by atoms with Gasteiger partial charge < -0.3 is 10.6 Å². The summed E-state index contributed by atoms with van der Waals surface area (Å²) in [7, 11) is 1.97. The van der Waals surface area contributed by atoms with Crippen LogP contribution in [0.4, 0.5) is 5.13 Å². The summed E-state index contributed by atoms with van der Waals surface area (Å²) in [5, 5.41) is 8.45. The van der Waals surface area contributed by atoms with Gasteiger partial charge in [-0.05, 0) is 7.05 Å². The fourth-order valence-corrected chi connectivity index (χ4v) is 1.93.